The fraction of sp³-hybridized carbons (Fsp3) is 0.188. The molecule has 0 saturated carbocycles. The van der Waals surface area contributed by atoms with E-state index in [4.69, 9.17) is 11.6 Å². The summed E-state index contributed by atoms with van der Waals surface area (Å²) in [4.78, 5) is 12.1. The third-order valence-electron chi connectivity index (χ3n) is 3.70. The standard InChI is InChI=1S/C16H11ClF4N4O/c1-8-2-3-9(4-12(8)18)15(26)22-6-13-23-24-14-11(17)5-10(7-25(13)14)16(19,20)21/h2-5,7H,6H2,1H3,(H,22,26). The van der Waals surface area contributed by atoms with Crippen LogP contribution in [0.1, 0.15) is 27.3 Å². The Balaban J connectivity index is 1.86. The third-order valence-corrected chi connectivity index (χ3v) is 3.98. The van der Waals surface area contributed by atoms with Crippen molar-refractivity contribution in [3.05, 3.63) is 63.8 Å². The van der Waals surface area contributed by atoms with Crippen LogP contribution in [0.2, 0.25) is 5.02 Å². The number of fused-ring (bicyclic) bond motifs is 1. The van der Waals surface area contributed by atoms with Gasteiger partial charge in [0.05, 0.1) is 17.1 Å². The van der Waals surface area contributed by atoms with Crippen molar-refractivity contribution in [2.75, 3.05) is 0 Å². The summed E-state index contributed by atoms with van der Waals surface area (Å²) in [7, 11) is 0. The largest absolute Gasteiger partial charge is 0.417 e. The number of benzene rings is 1. The predicted molar refractivity (Wildman–Crippen MR) is 85.3 cm³/mol. The highest BCUT2D eigenvalue weighted by Crippen LogP contribution is 2.32. The Hall–Kier alpha value is -2.68. The lowest BCUT2D eigenvalue weighted by Crippen LogP contribution is -2.24. The van der Waals surface area contributed by atoms with Crippen LogP contribution in [-0.4, -0.2) is 20.5 Å². The van der Waals surface area contributed by atoms with Gasteiger partial charge in [-0.05, 0) is 30.7 Å². The number of nitrogens with zero attached hydrogens (tertiary/aromatic N) is 3. The number of carbonyl (C=O) groups is 1. The van der Waals surface area contributed by atoms with Crippen molar-refractivity contribution in [3.63, 3.8) is 0 Å². The van der Waals surface area contributed by atoms with Gasteiger partial charge in [-0.1, -0.05) is 17.7 Å². The van der Waals surface area contributed by atoms with Gasteiger partial charge in [-0.3, -0.25) is 9.20 Å². The monoisotopic (exact) mass is 386 g/mol. The van der Waals surface area contributed by atoms with Gasteiger partial charge < -0.3 is 5.32 Å². The van der Waals surface area contributed by atoms with E-state index in [1.165, 1.54) is 12.1 Å². The summed E-state index contributed by atoms with van der Waals surface area (Å²) in [6, 6.07) is 4.72. The van der Waals surface area contributed by atoms with Crippen molar-refractivity contribution in [1.82, 2.24) is 19.9 Å². The zero-order chi connectivity index (χ0) is 19.1. The van der Waals surface area contributed by atoms with E-state index in [0.717, 1.165) is 22.7 Å². The lowest BCUT2D eigenvalue weighted by atomic mass is 10.1. The van der Waals surface area contributed by atoms with Gasteiger partial charge in [0.2, 0.25) is 0 Å². The number of alkyl halides is 3. The molecule has 26 heavy (non-hydrogen) atoms. The maximum atomic E-state index is 13.5. The molecule has 2 heterocycles. The molecular weight excluding hydrogens is 376 g/mol. The Morgan fingerprint density at radius 3 is 2.65 bits per heavy atom. The minimum atomic E-state index is -4.60. The number of hydrogen-bond donors (Lipinski definition) is 1. The van der Waals surface area contributed by atoms with Gasteiger partial charge in [0.1, 0.15) is 5.82 Å². The van der Waals surface area contributed by atoms with Crippen LogP contribution in [0.25, 0.3) is 5.65 Å². The second kappa shape index (κ2) is 6.56. The first-order valence-corrected chi connectivity index (χ1v) is 7.69. The van der Waals surface area contributed by atoms with Crippen LogP contribution in [0.4, 0.5) is 17.6 Å². The van der Waals surface area contributed by atoms with Crippen molar-refractivity contribution in [2.45, 2.75) is 19.6 Å². The van der Waals surface area contributed by atoms with E-state index in [9.17, 15) is 22.4 Å². The van der Waals surface area contributed by atoms with Gasteiger partial charge in [0.25, 0.3) is 5.91 Å². The van der Waals surface area contributed by atoms with Gasteiger partial charge >= 0.3 is 6.18 Å². The zero-order valence-corrected chi connectivity index (χ0v) is 14.0. The molecule has 1 aromatic carbocycles. The van der Waals surface area contributed by atoms with Crippen molar-refractivity contribution >= 4 is 23.2 Å². The molecule has 0 atom stereocenters. The highest BCUT2D eigenvalue weighted by atomic mass is 35.5. The molecule has 1 amide bonds. The van der Waals surface area contributed by atoms with Crippen LogP contribution in [0.3, 0.4) is 0 Å². The number of pyridine rings is 1. The summed E-state index contributed by atoms with van der Waals surface area (Å²) in [6.45, 7) is 1.34. The van der Waals surface area contributed by atoms with Crippen molar-refractivity contribution in [1.29, 1.82) is 0 Å². The molecule has 0 bridgehead atoms. The van der Waals surface area contributed by atoms with E-state index in [1.807, 2.05) is 0 Å². The molecule has 0 radical (unpaired) electrons. The van der Waals surface area contributed by atoms with E-state index in [0.29, 0.717) is 5.56 Å². The summed E-state index contributed by atoms with van der Waals surface area (Å²) in [5.41, 5.74) is -0.469. The highest BCUT2D eigenvalue weighted by Gasteiger charge is 2.32. The molecule has 0 spiro atoms. The van der Waals surface area contributed by atoms with E-state index < -0.39 is 23.5 Å². The summed E-state index contributed by atoms with van der Waals surface area (Å²) in [6.07, 6.45) is -3.80. The van der Waals surface area contributed by atoms with E-state index in [1.54, 1.807) is 6.92 Å². The number of rotatable bonds is 3. The Morgan fingerprint density at radius 1 is 1.27 bits per heavy atom. The minimum Gasteiger partial charge on any atom is -0.345 e. The highest BCUT2D eigenvalue weighted by molar-refractivity contribution is 6.33. The lowest BCUT2D eigenvalue weighted by molar-refractivity contribution is -0.137. The number of amides is 1. The van der Waals surface area contributed by atoms with E-state index in [-0.39, 0.29) is 28.6 Å². The number of carbonyl (C=O) groups excluding carboxylic acids is 1. The molecule has 0 unspecified atom stereocenters. The summed E-state index contributed by atoms with van der Waals surface area (Å²) >= 11 is 5.82. The summed E-state index contributed by atoms with van der Waals surface area (Å²) in [5, 5.41) is 9.72. The lowest BCUT2D eigenvalue weighted by Gasteiger charge is -2.09. The fourth-order valence-electron chi connectivity index (χ4n) is 2.27. The van der Waals surface area contributed by atoms with E-state index in [2.05, 4.69) is 15.5 Å². The Kier molecular flexibility index (Phi) is 4.57. The number of hydrogen-bond acceptors (Lipinski definition) is 3. The molecule has 136 valence electrons. The van der Waals surface area contributed by atoms with Crippen molar-refractivity contribution in [3.8, 4) is 0 Å². The number of nitrogens with one attached hydrogen (secondary N) is 1. The molecular formula is C16H11ClF4N4O. The average Bonchev–Trinajstić information content (AvgIpc) is 2.98. The average molecular weight is 387 g/mol. The topological polar surface area (TPSA) is 59.3 Å². The minimum absolute atomic E-state index is 0.0327. The predicted octanol–water partition coefficient (Wildman–Crippen LogP) is 3.78. The molecule has 0 fully saturated rings. The third kappa shape index (κ3) is 3.48. The van der Waals surface area contributed by atoms with Gasteiger partial charge in [-0.25, -0.2) is 4.39 Å². The molecule has 0 aliphatic rings. The van der Waals surface area contributed by atoms with Crippen LogP contribution in [0, 0.1) is 12.7 Å². The Morgan fingerprint density at radius 2 is 2.00 bits per heavy atom. The van der Waals surface area contributed by atoms with Crippen LogP contribution in [-0.2, 0) is 12.7 Å². The Labute approximate surface area is 149 Å². The molecule has 1 N–H and O–H groups in total. The quantitative estimate of drug-likeness (QED) is 0.697. The van der Waals surface area contributed by atoms with Crippen LogP contribution in [0.5, 0.6) is 0 Å². The van der Waals surface area contributed by atoms with Crippen molar-refractivity contribution in [2.24, 2.45) is 0 Å². The SMILES string of the molecule is Cc1ccc(C(=O)NCc2nnc3c(Cl)cc(C(F)(F)F)cn23)cc1F. The summed E-state index contributed by atoms with van der Waals surface area (Å²) in [5.74, 6) is -1.08. The molecule has 0 aliphatic heterocycles. The smallest absolute Gasteiger partial charge is 0.345 e. The number of aryl methyl sites for hydroxylation is 1. The zero-order valence-electron chi connectivity index (χ0n) is 13.2. The normalized spacial score (nSPS) is 11.8. The molecule has 10 heteroatoms. The van der Waals surface area contributed by atoms with Crippen LogP contribution >= 0.6 is 11.6 Å². The van der Waals surface area contributed by atoms with Gasteiger partial charge in [-0.15, -0.1) is 10.2 Å². The molecule has 2 aromatic heterocycles. The second-order valence-corrected chi connectivity index (χ2v) is 5.94. The summed E-state index contributed by atoms with van der Waals surface area (Å²) < 4.78 is 53.4. The van der Waals surface area contributed by atoms with Crippen LogP contribution in [0.15, 0.2) is 30.5 Å². The first-order chi connectivity index (χ1) is 12.2. The first-order valence-electron chi connectivity index (χ1n) is 7.31. The van der Waals surface area contributed by atoms with Gasteiger partial charge in [0, 0.05) is 11.8 Å². The van der Waals surface area contributed by atoms with E-state index >= 15 is 0 Å². The second-order valence-electron chi connectivity index (χ2n) is 5.53. The maximum absolute atomic E-state index is 13.5. The van der Waals surface area contributed by atoms with Gasteiger partial charge in [0.15, 0.2) is 11.5 Å². The number of halogens is 5. The molecule has 3 aromatic rings. The van der Waals surface area contributed by atoms with Crippen LogP contribution < -0.4 is 5.32 Å². The number of aromatic nitrogens is 3. The molecule has 0 saturated heterocycles. The maximum Gasteiger partial charge on any atom is 0.417 e. The molecule has 0 aliphatic carbocycles. The fourth-order valence-corrected chi connectivity index (χ4v) is 2.52. The first kappa shape index (κ1) is 18.1. The van der Waals surface area contributed by atoms with Crippen molar-refractivity contribution < 1.29 is 22.4 Å². The molecule has 5 nitrogen and oxygen atoms in total. The van der Waals surface area contributed by atoms with Gasteiger partial charge in [-0.2, -0.15) is 13.2 Å². The Bertz CT molecular complexity index is 1000. The molecule has 3 rings (SSSR count).